The number of urea groups is 1. The first-order valence-electron chi connectivity index (χ1n) is 11.6. The number of amides is 2. The van der Waals surface area contributed by atoms with E-state index < -0.39 is 0 Å². The Labute approximate surface area is 181 Å². The Morgan fingerprint density at radius 2 is 1.87 bits per heavy atom. The summed E-state index contributed by atoms with van der Waals surface area (Å²) in [4.78, 5) is 23.4. The van der Waals surface area contributed by atoms with Crippen LogP contribution in [0.2, 0.25) is 0 Å². The standard InChI is InChI=1S/C24H37N5O/c1-18-4-9-22-20(16-18)17-25-23(22)29-14-12-28(13-15-29)11-10-19-5-7-21(8-6-19)26-24(30)27(2)3/h4,9,16,19,21H,5-8,10-15,17H2,1-3H3,(H,26,30). The molecule has 30 heavy (non-hydrogen) atoms. The first-order chi connectivity index (χ1) is 14.5. The maximum absolute atomic E-state index is 11.8. The zero-order chi connectivity index (χ0) is 21.1. The predicted molar refractivity (Wildman–Crippen MR) is 122 cm³/mol. The first-order valence-corrected chi connectivity index (χ1v) is 11.6. The number of benzene rings is 1. The van der Waals surface area contributed by atoms with Crippen molar-refractivity contribution in [3.05, 3.63) is 34.9 Å². The van der Waals surface area contributed by atoms with Crippen molar-refractivity contribution in [3.8, 4) is 0 Å². The molecule has 1 aromatic carbocycles. The van der Waals surface area contributed by atoms with Crippen molar-refractivity contribution in [2.45, 2.75) is 51.6 Å². The van der Waals surface area contributed by atoms with Gasteiger partial charge in [0.25, 0.3) is 0 Å². The van der Waals surface area contributed by atoms with E-state index in [1.54, 1.807) is 19.0 Å². The first kappa shape index (κ1) is 21.2. The number of hydrogen-bond donors (Lipinski definition) is 1. The van der Waals surface area contributed by atoms with Gasteiger partial charge in [0.1, 0.15) is 5.84 Å². The zero-order valence-electron chi connectivity index (χ0n) is 18.9. The number of rotatable bonds is 4. The van der Waals surface area contributed by atoms with Crippen molar-refractivity contribution in [1.29, 1.82) is 0 Å². The Hall–Kier alpha value is -2.08. The number of carbonyl (C=O) groups is 1. The van der Waals surface area contributed by atoms with Gasteiger partial charge in [0.2, 0.25) is 0 Å². The van der Waals surface area contributed by atoms with Crippen molar-refractivity contribution in [2.24, 2.45) is 10.9 Å². The van der Waals surface area contributed by atoms with Crippen LogP contribution in [0.3, 0.4) is 0 Å². The molecule has 0 radical (unpaired) electrons. The molecule has 0 unspecified atom stereocenters. The maximum atomic E-state index is 11.8. The molecule has 2 heterocycles. The highest BCUT2D eigenvalue weighted by atomic mass is 16.2. The minimum atomic E-state index is 0.0425. The van der Waals surface area contributed by atoms with Crippen molar-refractivity contribution in [2.75, 3.05) is 46.8 Å². The number of aryl methyl sites for hydroxylation is 1. The number of hydrogen-bond acceptors (Lipinski definition) is 4. The van der Waals surface area contributed by atoms with Crippen LogP contribution in [0.4, 0.5) is 4.79 Å². The average molecular weight is 412 g/mol. The fraction of sp³-hybridized carbons (Fsp3) is 0.667. The van der Waals surface area contributed by atoms with Crippen LogP contribution in [0.1, 0.15) is 48.8 Å². The summed E-state index contributed by atoms with van der Waals surface area (Å²) in [7, 11) is 3.61. The van der Waals surface area contributed by atoms with E-state index in [1.807, 2.05) is 0 Å². The summed E-state index contributed by atoms with van der Waals surface area (Å²) in [5.74, 6) is 2.02. The Balaban J connectivity index is 1.17. The molecular formula is C24H37N5O. The lowest BCUT2D eigenvalue weighted by molar-refractivity contribution is 0.162. The lowest BCUT2D eigenvalue weighted by atomic mass is 9.84. The molecular weight excluding hydrogens is 374 g/mol. The quantitative estimate of drug-likeness (QED) is 0.828. The van der Waals surface area contributed by atoms with Gasteiger partial charge >= 0.3 is 6.03 Å². The van der Waals surface area contributed by atoms with Crippen LogP contribution in [0.15, 0.2) is 23.2 Å². The largest absolute Gasteiger partial charge is 0.354 e. The number of nitrogens with one attached hydrogen (secondary N) is 1. The number of fused-ring (bicyclic) bond motifs is 1. The fourth-order valence-corrected chi connectivity index (χ4v) is 5.03. The molecule has 2 amide bonds. The topological polar surface area (TPSA) is 51.2 Å². The van der Waals surface area contributed by atoms with E-state index in [2.05, 4.69) is 40.2 Å². The van der Waals surface area contributed by atoms with E-state index in [0.717, 1.165) is 51.5 Å². The smallest absolute Gasteiger partial charge is 0.317 e. The lowest BCUT2D eigenvalue weighted by Gasteiger charge is -2.37. The molecule has 1 saturated heterocycles. The minimum absolute atomic E-state index is 0.0425. The van der Waals surface area contributed by atoms with Gasteiger partial charge < -0.3 is 15.1 Å². The molecule has 0 aromatic heterocycles. The predicted octanol–water partition coefficient (Wildman–Crippen LogP) is 3.09. The van der Waals surface area contributed by atoms with Gasteiger partial charge in [0, 0.05) is 51.9 Å². The Kier molecular flexibility index (Phi) is 6.61. The number of carbonyl (C=O) groups excluding carboxylic acids is 1. The van der Waals surface area contributed by atoms with Crippen LogP contribution >= 0.6 is 0 Å². The van der Waals surface area contributed by atoms with Gasteiger partial charge in [-0.05, 0) is 57.1 Å². The summed E-state index contributed by atoms with van der Waals surface area (Å²) in [6.07, 6.45) is 6.02. The van der Waals surface area contributed by atoms with Gasteiger partial charge in [0.05, 0.1) is 6.54 Å². The van der Waals surface area contributed by atoms with Crippen molar-refractivity contribution in [1.82, 2.24) is 20.0 Å². The second kappa shape index (κ2) is 9.38. The van der Waals surface area contributed by atoms with E-state index in [0.29, 0.717) is 6.04 Å². The molecule has 1 aliphatic carbocycles. The van der Waals surface area contributed by atoms with Gasteiger partial charge in [-0.3, -0.25) is 9.89 Å². The molecule has 0 spiro atoms. The number of amidine groups is 1. The van der Waals surface area contributed by atoms with Crippen LogP contribution in [-0.2, 0) is 6.54 Å². The molecule has 0 bridgehead atoms. The Morgan fingerprint density at radius 3 is 2.57 bits per heavy atom. The van der Waals surface area contributed by atoms with Crippen LogP contribution in [0.5, 0.6) is 0 Å². The summed E-state index contributed by atoms with van der Waals surface area (Å²) in [6, 6.07) is 7.14. The van der Waals surface area contributed by atoms with Gasteiger partial charge in [-0.25, -0.2) is 4.79 Å². The molecule has 3 aliphatic rings. The third-order valence-electron chi connectivity index (χ3n) is 7.01. The van der Waals surface area contributed by atoms with Crippen LogP contribution < -0.4 is 5.32 Å². The van der Waals surface area contributed by atoms with Crippen molar-refractivity contribution >= 4 is 11.9 Å². The van der Waals surface area contributed by atoms with E-state index in [-0.39, 0.29) is 6.03 Å². The zero-order valence-corrected chi connectivity index (χ0v) is 18.9. The van der Waals surface area contributed by atoms with E-state index >= 15 is 0 Å². The molecule has 1 aromatic rings. The summed E-state index contributed by atoms with van der Waals surface area (Å²) in [6.45, 7) is 8.62. The highest BCUT2D eigenvalue weighted by molar-refractivity contribution is 6.02. The van der Waals surface area contributed by atoms with Gasteiger partial charge in [-0.2, -0.15) is 0 Å². The third-order valence-corrected chi connectivity index (χ3v) is 7.01. The lowest BCUT2D eigenvalue weighted by Crippen LogP contribution is -2.49. The second-order valence-corrected chi connectivity index (χ2v) is 9.48. The number of nitrogens with zero attached hydrogens (tertiary/aromatic N) is 4. The maximum Gasteiger partial charge on any atom is 0.317 e. The summed E-state index contributed by atoms with van der Waals surface area (Å²) < 4.78 is 0. The molecule has 0 atom stereocenters. The average Bonchev–Trinajstić information content (AvgIpc) is 3.16. The monoisotopic (exact) mass is 411 g/mol. The Bertz CT molecular complexity index is 774. The summed E-state index contributed by atoms with van der Waals surface area (Å²) >= 11 is 0. The Morgan fingerprint density at radius 1 is 1.13 bits per heavy atom. The number of aliphatic imine (C=N–C) groups is 1. The fourth-order valence-electron chi connectivity index (χ4n) is 5.03. The minimum Gasteiger partial charge on any atom is -0.354 e. The molecule has 2 aliphatic heterocycles. The second-order valence-electron chi connectivity index (χ2n) is 9.48. The molecule has 1 N–H and O–H groups in total. The molecule has 1 saturated carbocycles. The molecule has 2 fully saturated rings. The summed E-state index contributed by atoms with van der Waals surface area (Å²) in [5, 5.41) is 3.15. The van der Waals surface area contributed by atoms with Gasteiger partial charge in [-0.1, -0.05) is 23.8 Å². The SMILES string of the molecule is Cc1ccc2c(c1)CN=C2N1CCN(CCC2CCC(NC(=O)N(C)C)CC2)CC1. The highest BCUT2D eigenvalue weighted by Gasteiger charge is 2.27. The molecule has 164 valence electrons. The van der Waals surface area contributed by atoms with Crippen LogP contribution in [0, 0.1) is 12.8 Å². The third kappa shape index (κ3) is 4.97. The van der Waals surface area contributed by atoms with Gasteiger partial charge in [-0.15, -0.1) is 0 Å². The molecule has 4 rings (SSSR count). The van der Waals surface area contributed by atoms with Crippen molar-refractivity contribution in [3.63, 3.8) is 0 Å². The van der Waals surface area contributed by atoms with E-state index in [4.69, 9.17) is 4.99 Å². The highest BCUT2D eigenvalue weighted by Crippen LogP contribution is 2.28. The van der Waals surface area contributed by atoms with E-state index in [9.17, 15) is 4.79 Å². The van der Waals surface area contributed by atoms with Crippen LogP contribution in [0.25, 0.3) is 0 Å². The van der Waals surface area contributed by atoms with Gasteiger partial charge in [0.15, 0.2) is 0 Å². The molecule has 6 nitrogen and oxygen atoms in total. The van der Waals surface area contributed by atoms with E-state index in [1.165, 1.54) is 48.3 Å². The van der Waals surface area contributed by atoms with Crippen LogP contribution in [-0.4, -0.2) is 79.4 Å². The van der Waals surface area contributed by atoms with Crippen molar-refractivity contribution < 1.29 is 4.79 Å². The molecule has 6 heteroatoms. The summed E-state index contributed by atoms with van der Waals surface area (Å²) in [5.41, 5.74) is 4.04. The normalized spacial score (nSPS) is 24.4. The number of piperazine rings is 1.